The first kappa shape index (κ1) is 33.5. The minimum Gasteiger partial charge on any atom is -0.462 e. The van der Waals surface area contributed by atoms with Crippen LogP contribution in [0.15, 0.2) is 55.6 Å². The van der Waals surface area contributed by atoms with Gasteiger partial charge < -0.3 is 30.1 Å². The quantitative estimate of drug-likeness (QED) is 0.217. The highest BCUT2D eigenvalue weighted by Gasteiger charge is 2.34. The van der Waals surface area contributed by atoms with Gasteiger partial charge in [-0.25, -0.2) is 9.59 Å². The van der Waals surface area contributed by atoms with E-state index in [1.54, 1.807) is 11.0 Å². The number of likely N-dealkylation sites (tertiary alicyclic amines) is 1. The van der Waals surface area contributed by atoms with Crippen molar-refractivity contribution in [2.45, 2.75) is 77.6 Å². The van der Waals surface area contributed by atoms with Crippen molar-refractivity contribution in [2.24, 2.45) is 11.3 Å². The van der Waals surface area contributed by atoms with E-state index in [0.717, 1.165) is 18.4 Å². The van der Waals surface area contributed by atoms with E-state index in [-0.39, 0.29) is 50.5 Å². The minimum absolute atomic E-state index is 0.0125. The van der Waals surface area contributed by atoms with Gasteiger partial charge in [0.25, 0.3) is 0 Å². The van der Waals surface area contributed by atoms with E-state index in [1.807, 2.05) is 51.1 Å². The molecule has 1 aromatic rings. The standard InChI is InChI=1S/C31H45N3O7/c1-6-12-23(18-27(36)34-17-11-16-24(34)19-35)28(37)33-26(31(3,4)5)21-40-29(38)25(13-7-2)32-30(39)41-20-22-14-9-8-10-15-22/h6-10,14-15,23-26,35H,1-2,11-13,16-21H2,3-5H3,(H,32,39)(H,33,37)/t23-,24-,25+,26+/m0/s1. The lowest BCUT2D eigenvalue weighted by Crippen LogP contribution is -2.51. The maximum Gasteiger partial charge on any atom is 0.408 e. The molecule has 0 aliphatic carbocycles. The van der Waals surface area contributed by atoms with Crippen molar-refractivity contribution in [3.8, 4) is 0 Å². The summed E-state index contributed by atoms with van der Waals surface area (Å²) in [6, 6.07) is 7.34. The number of carbonyl (C=O) groups excluding carboxylic acids is 4. The van der Waals surface area contributed by atoms with E-state index >= 15 is 0 Å². The summed E-state index contributed by atoms with van der Waals surface area (Å²) < 4.78 is 10.8. The predicted octanol–water partition coefficient (Wildman–Crippen LogP) is 3.50. The molecule has 1 heterocycles. The zero-order chi connectivity index (χ0) is 30.4. The average molecular weight is 572 g/mol. The molecule has 226 valence electrons. The molecular formula is C31H45N3O7. The lowest BCUT2D eigenvalue weighted by molar-refractivity contribution is -0.148. The summed E-state index contributed by atoms with van der Waals surface area (Å²) in [6.45, 7) is 13.4. The number of amides is 3. The molecule has 0 radical (unpaired) electrons. The predicted molar refractivity (Wildman–Crippen MR) is 155 cm³/mol. The number of nitrogens with one attached hydrogen (secondary N) is 2. The highest BCUT2D eigenvalue weighted by atomic mass is 16.6. The van der Waals surface area contributed by atoms with E-state index in [1.165, 1.54) is 6.08 Å². The second kappa shape index (κ2) is 16.6. The number of allylic oxidation sites excluding steroid dienone is 1. The van der Waals surface area contributed by atoms with Crippen LogP contribution in [0.25, 0.3) is 0 Å². The van der Waals surface area contributed by atoms with Crippen LogP contribution in [-0.2, 0) is 30.5 Å². The number of rotatable bonds is 15. The summed E-state index contributed by atoms with van der Waals surface area (Å²) in [5.41, 5.74) is 0.311. The fourth-order valence-electron chi connectivity index (χ4n) is 4.52. The molecule has 4 atom stereocenters. The average Bonchev–Trinajstić information content (AvgIpc) is 3.42. The van der Waals surface area contributed by atoms with Crippen molar-refractivity contribution in [2.75, 3.05) is 19.8 Å². The van der Waals surface area contributed by atoms with Gasteiger partial charge in [0.15, 0.2) is 0 Å². The van der Waals surface area contributed by atoms with Crippen molar-refractivity contribution in [1.29, 1.82) is 0 Å². The second-order valence-electron chi connectivity index (χ2n) is 11.3. The van der Waals surface area contributed by atoms with Crippen molar-refractivity contribution >= 4 is 23.9 Å². The fraction of sp³-hybridized carbons (Fsp3) is 0.548. The maximum absolute atomic E-state index is 13.3. The van der Waals surface area contributed by atoms with Gasteiger partial charge in [0, 0.05) is 13.0 Å². The van der Waals surface area contributed by atoms with E-state index in [9.17, 15) is 24.3 Å². The normalized spacial score (nSPS) is 17.1. The number of aliphatic hydroxyl groups is 1. The molecule has 0 unspecified atom stereocenters. The first-order valence-corrected chi connectivity index (χ1v) is 14.1. The first-order valence-electron chi connectivity index (χ1n) is 14.1. The van der Waals surface area contributed by atoms with E-state index in [0.29, 0.717) is 13.0 Å². The summed E-state index contributed by atoms with van der Waals surface area (Å²) in [5.74, 6) is -1.87. The molecule has 1 saturated heterocycles. The molecule has 0 bridgehead atoms. The highest BCUT2D eigenvalue weighted by Crippen LogP contribution is 2.23. The van der Waals surface area contributed by atoms with Gasteiger partial charge in [-0.1, -0.05) is 63.3 Å². The van der Waals surface area contributed by atoms with Crippen LogP contribution in [0.1, 0.15) is 58.4 Å². The molecule has 1 aliphatic heterocycles. The molecule has 0 aromatic heterocycles. The smallest absolute Gasteiger partial charge is 0.408 e. The third kappa shape index (κ3) is 11.0. The maximum atomic E-state index is 13.3. The number of hydrogen-bond donors (Lipinski definition) is 3. The number of nitrogens with zero attached hydrogens (tertiary/aromatic N) is 1. The summed E-state index contributed by atoms with van der Waals surface area (Å²) in [5, 5.41) is 15.0. The number of carbonyl (C=O) groups is 4. The molecule has 10 nitrogen and oxygen atoms in total. The third-order valence-corrected chi connectivity index (χ3v) is 7.10. The molecule has 0 spiro atoms. The third-order valence-electron chi connectivity index (χ3n) is 7.10. The Bertz CT molecular complexity index is 1040. The SMILES string of the molecule is C=CC[C@@H](CC(=O)N1CCC[C@H]1CO)C(=O)N[C@H](COC(=O)[C@@H](CC=C)NC(=O)OCc1ccccc1)C(C)(C)C. The van der Waals surface area contributed by atoms with Gasteiger partial charge in [-0.05, 0) is 36.7 Å². The molecule has 1 fully saturated rings. The van der Waals surface area contributed by atoms with Crippen molar-refractivity contribution in [3.05, 3.63) is 61.2 Å². The van der Waals surface area contributed by atoms with Gasteiger partial charge in [-0.15, -0.1) is 13.2 Å². The van der Waals surface area contributed by atoms with Gasteiger partial charge in [0.2, 0.25) is 11.8 Å². The molecule has 10 heteroatoms. The van der Waals surface area contributed by atoms with Gasteiger partial charge in [-0.2, -0.15) is 0 Å². The Hall–Kier alpha value is -3.66. The van der Waals surface area contributed by atoms with Crippen molar-refractivity contribution < 1.29 is 33.8 Å². The van der Waals surface area contributed by atoms with E-state index < -0.39 is 35.5 Å². The Morgan fingerprint density at radius 1 is 1.07 bits per heavy atom. The summed E-state index contributed by atoms with van der Waals surface area (Å²) in [6.07, 6.45) is 4.29. The van der Waals surface area contributed by atoms with Crippen molar-refractivity contribution in [3.63, 3.8) is 0 Å². The Balaban J connectivity index is 1.99. The number of esters is 1. The van der Waals surface area contributed by atoms with E-state index in [2.05, 4.69) is 23.8 Å². The number of aliphatic hydroxyl groups excluding tert-OH is 1. The molecular weight excluding hydrogens is 526 g/mol. The van der Waals surface area contributed by atoms with Crippen LogP contribution in [0.2, 0.25) is 0 Å². The monoisotopic (exact) mass is 571 g/mol. The molecule has 0 saturated carbocycles. The molecule has 41 heavy (non-hydrogen) atoms. The van der Waals surface area contributed by atoms with E-state index in [4.69, 9.17) is 9.47 Å². The topological polar surface area (TPSA) is 134 Å². The van der Waals surface area contributed by atoms with Gasteiger partial charge in [0.05, 0.1) is 24.6 Å². The number of ether oxygens (including phenoxy) is 2. The summed E-state index contributed by atoms with van der Waals surface area (Å²) in [7, 11) is 0. The van der Waals surface area contributed by atoms with Crippen LogP contribution in [0.5, 0.6) is 0 Å². The number of benzene rings is 1. The molecule has 2 rings (SSSR count). The zero-order valence-corrected chi connectivity index (χ0v) is 24.5. The molecule has 3 amide bonds. The van der Waals surface area contributed by atoms with Gasteiger partial charge in [-0.3, -0.25) is 9.59 Å². The Kier molecular flexibility index (Phi) is 13.6. The first-order chi connectivity index (χ1) is 19.5. The van der Waals surface area contributed by atoms with Crippen molar-refractivity contribution in [1.82, 2.24) is 15.5 Å². The molecule has 1 aliphatic rings. The molecule has 1 aromatic carbocycles. The number of alkyl carbamates (subject to hydrolysis) is 1. The Morgan fingerprint density at radius 3 is 2.37 bits per heavy atom. The minimum atomic E-state index is -1.02. The van der Waals surface area contributed by atoms with Crippen LogP contribution in [-0.4, -0.2) is 71.8 Å². The van der Waals surface area contributed by atoms with Crippen LogP contribution in [0, 0.1) is 11.3 Å². The summed E-state index contributed by atoms with van der Waals surface area (Å²) >= 11 is 0. The second-order valence-corrected chi connectivity index (χ2v) is 11.3. The van der Waals surface area contributed by atoms with Gasteiger partial charge in [0.1, 0.15) is 19.3 Å². The summed E-state index contributed by atoms with van der Waals surface area (Å²) in [4.78, 5) is 53.1. The van der Waals surface area contributed by atoms with Crippen LogP contribution < -0.4 is 10.6 Å². The largest absolute Gasteiger partial charge is 0.462 e. The zero-order valence-electron chi connectivity index (χ0n) is 24.5. The van der Waals surface area contributed by atoms with Crippen LogP contribution >= 0.6 is 0 Å². The molecule has 3 N–H and O–H groups in total. The van der Waals surface area contributed by atoms with Gasteiger partial charge >= 0.3 is 12.1 Å². The Morgan fingerprint density at radius 2 is 1.76 bits per heavy atom. The number of hydrogen-bond acceptors (Lipinski definition) is 7. The van der Waals surface area contributed by atoms with Crippen LogP contribution in [0.3, 0.4) is 0 Å². The van der Waals surface area contributed by atoms with Crippen LogP contribution in [0.4, 0.5) is 4.79 Å². The lowest BCUT2D eigenvalue weighted by Gasteiger charge is -2.33. The fourth-order valence-corrected chi connectivity index (χ4v) is 4.52. The highest BCUT2D eigenvalue weighted by molar-refractivity contribution is 5.86. The lowest BCUT2D eigenvalue weighted by atomic mass is 9.86. The Labute approximate surface area is 243 Å².